The summed E-state index contributed by atoms with van der Waals surface area (Å²) >= 11 is 0. The average molecular weight is 446 g/mol. The number of benzene rings is 1. The summed E-state index contributed by atoms with van der Waals surface area (Å²) in [5, 5.41) is 14.1. The van der Waals surface area contributed by atoms with Crippen LogP contribution in [-0.2, 0) is 19.5 Å². The van der Waals surface area contributed by atoms with Crippen LogP contribution in [0.1, 0.15) is 56.5 Å². The molecule has 0 aliphatic heterocycles. The first kappa shape index (κ1) is 22.6. The van der Waals surface area contributed by atoms with Crippen molar-refractivity contribution in [2.45, 2.75) is 66.0 Å². The molecule has 0 spiro atoms. The van der Waals surface area contributed by atoms with E-state index in [0.717, 1.165) is 66.7 Å². The summed E-state index contributed by atoms with van der Waals surface area (Å²) in [6.07, 6.45) is 6.93. The lowest BCUT2D eigenvalue weighted by molar-refractivity contribution is 0.584. The summed E-state index contributed by atoms with van der Waals surface area (Å²) in [5.41, 5.74) is 6.14. The Kier molecular flexibility index (Phi) is 7.12. The van der Waals surface area contributed by atoms with Crippen LogP contribution >= 0.6 is 0 Å². The number of H-pyrrole nitrogens is 1. The Morgan fingerprint density at radius 1 is 1.00 bits per heavy atom. The summed E-state index contributed by atoms with van der Waals surface area (Å²) in [4.78, 5) is 17.7. The van der Waals surface area contributed by atoms with E-state index >= 15 is 0 Å². The summed E-state index contributed by atoms with van der Waals surface area (Å²) < 4.78 is 3.92. The van der Waals surface area contributed by atoms with Crippen molar-refractivity contribution in [2.24, 2.45) is 0 Å². The number of pyridine rings is 1. The van der Waals surface area contributed by atoms with Crippen LogP contribution in [0.15, 0.2) is 47.4 Å². The van der Waals surface area contributed by atoms with E-state index in [1.54, 1.807) is 6.20 Å². The molecule has 33 heavy (non-hydrogen) atoms. The van der Waals surface area contributed by atoms with Crippen LogP contribution in [0.25, 0.3) is 22.6 Å². The lowest BCUT2D eigenvalue weighted by Gasteiger charge is -2.10. The quantitative estimate of drug-likeness (QED) is 0.391. The highest BCUT2D eigenvalue weighted by Gasteiger charge is 2.17. The van der Waals surface area contributed by atoms with Crippen LogP contribution in [0, 0.1) is 6.92 Å². The number of aromatic amines is 1. The number of hydrogen-bond donors (Lipinski definition) is 1. The molecule has 4 rings (SSSR count). The third kappa shape index (κ3) is 4.79. The highest BCUT2D eigenvalue weighted by molar-refractivity contribution is 5.77. The Morgan fingerprint density at radius 3 is 2.48 bits per heavy atom. The summed E-state index contributed by atoms with van der Waals surface area (Å²) in [5.74, 6) is 0.533. The molecule has 1 aromatic carbocycles. The standard InChI is InChI=1S/C25H31N7O/c1-4-6-10-22-18(3)31(16-7-5-2)25(33)32(22)17-19-11-13-20(14-12-19)21-9-8-15-26-23(21)24-27-29-30-28-24/h8-9,11-15H,4-7,10,16-17H2,1-3H3,(H,27,28,29,30). The van der Waals surface area contributed by atoms with E-state index in [9.17, 15) is 4.79 Å². The normalized spacial score (nSPS) is 11.2. The molecule has 3 heterocycles. The second-order valence-corrected chi connectivity index (χ2v) is 8.36. The minimum absolute atomic E-state index is 0.100. The molecular formula is C25H31N7O. The smallest absolute Gasteiger partial charge is 0.296 e. The molecule has 8 heteroatoms. The number of tetrazole rings is 1. The van der Waals surface area contributed by atoms with Gasteiger partial charge in [0.05, 0.1) is 6.54 Å². The molecule has 0 radical (unpaired) electrons. The van der Waals surface area contributed by atoms with Crippen LogP contribution in [0.5, 0.6) is 0 Å². The van der Waals surface area contributed by atoms with Crippen molar-refractivity contribution in [3.8, 4) is 22.6 Å². The molecule has 4 aromatic rings. The molecule has 1 N–H and O–H groups in total. The number of rotatable bonds is 10. The molecule has 3 aromatic heterocycles. The number of imidazole rings is 1. The summed E-state index contributed by atoms with van der Waals surface area (Å²) in [7, 11) is 0. The fourth-order valence-corrected chi connectivity index (χ4v) is 4.22. The lowest BCUT2D eigenvalue weighted by atomic mass is 10.0. The highest BCUT2D eigenvalue weighted by atomic mass is 16.1. The van der Waals surface area contributed by atoms with Gasteiger partial charge in [-0.25, -0.2) is 9.89 Å². The van der Waals surface area contributed by atoms with Gasteiger partial charge in [-0.05, 0) is 53.8 Å². The summed E-state index contributed by atoms with van der Waals surface area (Å²) in [6, 6.07) is 12.2. The second kappa shape index (κ2) is 10.4. The van der Waals surface area contributed by atoms with Crippen LogP contribution in [0.4, 0.5) is 0 Å². The van der Waals surface area contributed by atoms with E-state index < -0.39 is 0 Å². The molecule has 0 fully saturated rings. The number of hydrogen-bond acceptors (Lipinski definition) is 5. The van der Waals surface area contributed by atoms with E-state index in [-0.39, 0.29) is 5.69 Å². The van der Waals surface area contributed by atoms with Gasteiger partial charge in [0.2, 0.25) is 0 Å². The Morgan fingerprint density at radius 2 is 1.79 bits per heavy atom. The van der Waals surface area contributed by atoms with Crippen LogP contribution in [-0.4, -0.2) is 34.7 Å². The van der Waals surface area contributed by atoms with E-state index in [1.807, 2.05) is 21.3 Å². The van der Waals surface area contributed by atoms with Crippen molar-refractivity contribution in [3.63, 3.8) is 0 Å². The molecule has 8 nitrogen and oxygen atoms in total. The molecule has 0 unspecified atom stereocenters. The first-order chi connectivity index (χ1) is 16.1. The van der Waals surface area contributed by atoms with Gasteiger partial charge in [0, 0.05) is 29.7 Å². The second-order valence-electron chi connectivity index (χ2n) is 8.36. The predicted molar refractivity (Wildman–Crippen MR) is 129 cm³/mol. The van der Waals surface area contributed by atoms with Gasteiger partial charge in [0.15, 0.2) is 5.82 Å². The minimum atomic E-state index is 0.100. The predicted octanol–water partition coefficient (Wildman–Crippen LogP) is 4.39. The van der Waals surface area contributed by atoms with Gasteiger partial charge in [-0.15, -0.1) is 5.10 Å². The minimum Gasteiger partial charge on any atom is -0.296 e. The molecule has 0 saturated carbocycles. The van der Waals surface area contributed by atoms with Crippen molar-refractivity contribution in [1.29, 1.82) is 0 Å². The van der Waals surface area contributed by atoms with Gasteiger partial charge in [0.1, 0.15) is 5.69 Å². The number of aromatic nitrogens is 7. The van der Waals surface area contributed by atoms with Gasteiger partial charge in [-0.3, -0.25) is 14.1 Å². The van der Waals surface area contributed by atoms with Gasteiger partial charge in [-0.1, -0.05) is 57.0 Å². The van der Waals surface area contributed by atoms with Crippen molar-refractivity contribution >= 4 is 0 Å². The van der Waals surface area contributed by atoms with Crippen LogP contribution < -0.4 is 5.69 Å². The fourth-order valence-electron chi connectivity index (χ4n) is 4.22. The fraction of sp³-hybridized carbons (Fsp3) is 0.400. The zero-order valence-corrected chi connectivity index (χ0v) is 19.6. The van der Waals surface area contributed by atoms with Crippen molar-refractivity contribution in [2.75, 3.05) is 0 Å². The molecule has 0 atom stereocenters. The van der Waals surface area contributed by atoms with E-state index in [4.69, 9.17) is 0 Å². The maximum absolute atomic E-state index is 13.2. The van der Waals surface area contributed by atoms with E-state index in [0.29, 0.717) is 18.1 Å². The number of nitrogens with one attached hydrogen (secondary N) is 1. The molecule has 0 aliphatic rings. The molecule has 0 amide bonds. The maximum Gasteiger partial charge on any atom is 0.328 e. The van der Waals surface area contributed by atoms with E-state index in [1.165, 1.54) is 0 Å². The van der Waals surface area contributed by atoms with Gasteiger partial charge in [0.25, 0.3) is 0 Å². The third-order valence-electron chi connectivity index (χ3n) is 6.10. The number of nitrogens with zero attached hydrogens (tertiary/aromatic N) is 6. The topological polar surface area (TPSA) is 94.3 Å². The van der Waals surface area contributed by atoms with Gasteiger partial charge in [-0.2, -0.15) is 0 Å². The van der Waals surface area contributed by atoms with E-state index in [2.05, 4.69) is 70.6 Å². The van der Waals surface area contributed by atoms with Crippen molar-refractivity contribution < 1.29 is 0 Å². The Labute approximate surface area is 193 Å². The van der Waals surface area contributed by atoms with Gasteiger partial charge >= 0.3 is 5.69 Å². The third-order valence-corrected chi connectivity index (χ3v) is 6.10. The Bertz CT molecular complexity index is 1240. The Hall–Kier alpha value is -3.55. The first-order valence-corrected chi connectivity index (χ1v) is 11.7. The zero-order chi connectivity index (χ0) is 23.2. The van der Waals surface area contributed by atoms with Gasteiger partial charge < -0.3 is 0 Å². The van der Waals surface area contributed by atoms with Crippen molar-refractivity contribution in [3.05, 3.63) is 70.0 Å². The molecule has 0 saturated heterocycles. The van der Waals surface area contributed by atoms with Crippen molar-refractivity contribution in [1.82, 2.24) is 34.7 Å². The average Bonchev–Trinajstić information content (AvgIpc) is 3.45. The van der Waals surface area contributed by atoms with Crippen LogP contribution in [0.3, 0.4) is 0 Å². The molecule has 0 bridgehead atoms. The lowest BCUT2D eigenvalue weighted by Crippen LogP contribution is -2.26. The van der Waals surface area contributed by atoms with Crippen LogP contribution in [0.2, 0.25) is 0 Å². The largest absolute Gasteiger partial charge is 0.328 e. The zero-order valence-electron chi connectivity index (χ0n) is 19.6. The molecule has 172 valence electrons. The first-order valence-electron chi connectivity index (χ1n) is 11.7. The maximum atomic E-state index is 13.2. The summed E-state index contributed by atoms with van der Waals surface area (Å²) in [6.45, 7) is 7.79. The molecular weight excluding hydrogens is 414 g/mol. The highest BCUT2D eigenvalue weighted by Crippen LogP contribution is 2.28. The number of unbranched alkanes of at least 4 members (excludes halogenated alkanes) is 2. The Balaban J connectivity index is 1.64. The SMILES string of the molecule is CCCCc1c(C)n(CCCC)c(=O)n1Cc1ccc(-c2cccnc2-c2nnn[nH]2)cc1. The monoisotopic (exact) mass is 445 g/mol. The molecule has 0 aliphatic carbocycles.